The first-order valence-electron chi connectivity index (χ1n) is 4.34. The van der Waals surface area contributed by atoms with Gasteiger partial charge in [0.05, 0.1) is 5.02 Å². The second-order valence-corrected chi connectivity index (χ2v) is 3.35. The maximum absolute atomic E-state index is 5.90. The summed E-state index contributed by atoms with van der Waals surface area (Å²) in [6.07, 6.45) is 0. The number of para-hydroxylation sites is 1. The molecule has 0 radical (unpaired) electrons. The number of aromatic nitrogens is 1. The lowest BCUT2D eigenvalue weighted by molar-refractivity contribution is 0.290. The van der Waals surface area contributed by atoms with E-state index in [-0.39, 0.29) is 12.5 Å². The summed E-state index contributed by atoms with van der Waals surface area (Å²) in [6.45, 7) is 0.282. The van der Waals surface area contributed by atoms with Crippen LogP contribution in [0.1, 0.15) is 5.69 Å². The molecule has 2 rings (SSSR count). The summed E-state index contributed by atoms with van der Waals surface area (Å²) >= 11 is 5.90. The molecule has 5 heteroatoms. The van der Waals surface area contributed by atoms with Crippen molar-refractivity contribution in [2.75, 3.05) is 5.73 Å². The highest BCUT2D eigenvalue weighted by Gasteiger charge is 2.03. The average Bonchev–Trinajstić information content (AvgIpc) is 2.63. The van der Waals surface area contributed by atoms with Crippen LogP contribution in [0.25, 0.3) is 0 Å². The summed E-state index contributed by atoms with van der Waals surface area (Å²) in [5.74, 6) is 0.883. The zero-order valence-electron chi connectivity index (χ0n) is 7.81. The maximum atomic E-state index is 5.90. The van der Waals surface area contributed by atoms with Crippen molar-refractivity contribution in [3.05, 3.63) is 41.0 Å². The molecule has 2 aromatic rings. The van der Waals surface area contributed by atoms with Gasteiger partial charge < -0.3 is 15.0 Å². The Morgan fingerprint density at radius 2 is 2.20 bits per heavy atom. The Morgan fingerprint density at radius 3 is 2.87 bits per heavy atom. The fraction of sp³-hybridized carbons (Fsp3) is 0.100. The van der Waals surface area contributed by atoms with Crippen molar-refractivity contribution < 1.29 is 9.26 Å². The van der Waals surface area contributed by atoms with E-state index in [1.165, 1.54) is 0 Å². The molecule has 0 saturated carbocycles. The van der Waals surface area contributed by atoms with Gasteiger partial charge in [0.1, 0.15) is 18.1 Å². The van der Waals surface area contributed by atoms with Crippen molar-refractivity contribution >= 4 is 17.5 Å². The van der Waals surface area contributed by atoms with E-state index in [4.69, 9.17) is 26.6 Å². The van der Waals surface area contributed by atoms with Gasteiger partial charge in [0.15, 0.2) is 0 Å². The molecule has 0 unspecified atom stereocenters. The van der Waals surface area contributed by atoms with Crippen molar-refractivity contribution in [1.82, 2.24) is 5.16 Å². The number of hydrogen-bond donors (Lipinski definition) is 1. The van der Waals surface area contributed by atoms with E-state index in [0.29, 0.717) is 16.5 Å². The molecule has 2 N–H and O–H groups in total. The molecular formula is C10H9ClN2O2. The summed E-state index contributed by atoms with van der Waals surface area (Å²) in [5.41, 5.74) is 6.00. The van der Waals surface area contributed by atoms with E-state index in [0.717, 1.165) is 0 Å². The summed E-state index contributed by atoms with van der Waals surface area (Å²) in [4.78, 5) is 0. The van der Waals surface area contributed by atoms with Crippen LogP contribution in [-0.2, 0) is 6.61 Å². The third-order valence-corrected chi connectivity index (χ3v) is 2.10. The first-order valence-corrected chi connectivity index (χ1v) is 4.72. The smallest absolute Gasteiger partial charge is 0.222 e. The molecule has 0 amide bonds. The molecule has 0 bridgehead atoms. The average molecular weight is 225 g/mol. The SMILES string of the molecule is Nc1cc(COc2ccccc2Cl)no1. The molecule has 78 valence electrons. The van der Waals surface area contributed by atoms with E-state index in [1.54, 1.807) is 18.2 Å². The number of benzene rings is 1. The summed E-state index contributed by atoms with van der Waals surface area (Å²) in [7, 11) is 0. The summed E-state index contributed by atoms with van der Waals surface area (Å²) in [5, 5.41) is 4.26. The molecule has 1 aromatic heterocycles. The van der Waals surface area contributed by atoms with Crippen LogP contribution < -0.4 is 10.5 Å². The number of nitrogens with two attached hydrogens (primary N) is 1. The minimum atomic E-state index is 0.271. The first-order chi connectivity index (χ1) is 7.25. The standard InChI is InChI=1S/C10H9ClN2O2/c11-8-3-1-2-4-9(8)14-6-7-5-10(12)15-13-7/h1-5H,6,12H2. The zero-order valence-corrected chi connectivity index (χ0v) is 8.57. The third kappa shape index (κ3) is 2.41. The highest BCUT2D eigenvalue weighted by atomic mass is 35.5. The largest absolute Gasteiger partial charge is 0.486 e. The number of hydrogen-bond acceptors (Lipinski definition) is 4. The van der Waals surface area contributed by atoms with Crippen molar-refractivity contribution in [2.45, 2.75) is 6.61 Å². The predicted octanol–water partition coefficient (Wildman–Crippen LogP) is 2.49. The lowest BCUT2D eigenvalue weighted by Gasteiger charge is -2.04. The van der Waals surface area contributed by atoms with E-state index in [9.17, 15) is 0 Å². The number of rotatable bonds is 3. The molecule has 0 aliphatic rings. The van der Waals surface area contributed by atoms with Gasteiger partial charge in [-0.3, -0.25) is 0 Å². The van der Waals surface area contributed by atoms with Gasteiger partial charge in [0.25, 0.3) is 0 Å². The van der Waals surface area contributed by atoms with Crippen LogP contribution in [0.4, 0.5) is 5.88 Å². The Bertz CT molecular complexity index is 456. The second kappa shape index (κ2) is 4.23. The normalized spacial score (nSPS) is 10.2. The highest BCUT2D eigenvalue weighted by Crippen LogP contribution is 2.24. The van der Waals surface area contributed by atoms with Gasteiger partial charge in [-0.1, -0.05) is 28.9 Å². The Hall–Kier alpha value is -1.68. The van der Waals surface area contributed by atoms with Crippen LogP contribution >= 0.6 is 11.6 Å². The van der Waals surface area contributed by atoms with Gasteiger partial charge in [-0.2, -0.15) is 0 Å². The quantitative estimate of drug-likeness (QED) is 0.870. The monoisotopic (exact) mass is 224 g/mol. The number of nitrogens with zero attached hydrogens (tertiary/aromatic N) is 1. The maximum Gasteiger partial charge on any atom is 0.222 e. The van der Waals surface area contributed by atoms with Gasteiger partial charge in [0, 0.05) is 6.07 Å². The molecule has 1 aromatic carbocycles. The van der Waals surface area contributed by atoms with Crippen molar-refractivity contribution in [2.24, 2.45) is 0 Å². The first kappa shape index (κ1) is 9.86. The number of nitrogen functional groups attached to an aromatic ring is 1. The number of halogens is 1. The fourth-order valence-corrected chi connectivity index (χ4v) is 1.30. The second-order valence-electron chi connectivity index (χ2n) is 2.94. The zero-order chi connectivity index (χ0) is 10.7. The van der Waals surface area contributed by atoms with Crippen LogP contribution in [0.2, 0.25) is 5.02 Å². The minimum absolute atomic E-state index is 0.271. The van der Waals surface area contributed by atoms with Crippen LogP contribution in [0.3, 0.4) is 0 Å². The topological polar surface area (TPSA) is 61.3 Å². The highest BCUT2D eigenvalue weighted by molar-refractivity contribution is 6.32. The van der Waals surface area contributed by atoms with Gasteiger partial charge in [-0.15, -0.1) is 0 Å². The molecule has 1 heterocycles. The lowest BCUT2D eigenvalue weighted by atomic mass is 10.3. The van der Waals surface area contributed by atoms with E-state index in [2.05, 4.69) is 5.16 Å². The fourth-order valence-electron chi connectivity index (χ4n) is 1.11. The van der Waals surface area contributed by atoms with Gasteiger partial charge >= 0.3 is 0 Å². The van der Waals surface area contributed by atoms with Crippen molar-refractivity contribution in [1.29, 1.82) is 0 Å². The van der Waals surface area contributed by atoms with E-state index < -0.39 is 0 Å². The molecule has 0 aliphatic heterocycles. The molecule has 0 fully saturated rings. The Labute approximate surface area is 91.6 Å². The Balaban J connectivity index is 2.02. The molecule has 0 spiro atoms. The van der Waals surface area contributed by atoms with Crippen LogP contribution in [0, 0.1) is 0 Å². The summed E-state index contributed by atoms with van der Waals surface area (Å²) in [6, 6.07) is 8.83. The minimum Gasteiger partial charge on any atom is -0.486 e. The van der Waals surface area contributed by atoms with Crippen LogP contribution in [-0.4, -0.2) is 5.16 Å². The lowest BCUT2D eigenvalue weighted by Crippen LogP contribution is -1.95. The van der Waals surface area contributed by atoms with Gasteiger partial charge in [0.2, 0.25) is 5.88 Å². The molecule has 15 heavy (non-hydrogen) atoms. The molecule has 4 nitrogen and oxygen atoms in total. The predicted molar refractivity (Wildman–Crippen MR) is 56.7 cm³/mol. The molecular weight excluding hydrogens is 216 g/mol. The number of ether oxygens (including phenoxy) is 1. The van der Waals surface area contributed by atoms with E-state index >= 15 is 0 Å². The van der Waals surface area contributed by atoms with Crippen LogP contribution in [0.5, 0.6) is 5.75 Å². The summed E-state index contributed by atoms with van der Waals surface area (Å²) < 4.78 is 10.1. The van der Waals surface area contributed by atoms with Crippen LogP contribution in [0.15, 0.2) is 34.9 Å². The van der Waals surface area contributed by atoms with E-state index in [1.807, 2.05) is 12.1 Å². The number of anilines is 1. The van der Waals surface area contributed by atoms with Gasteiger partial charge in [-0.25, -0.2) is 0 Å². The van der Waals surface area contributed by atoms with Gasteiger partial charge in [-0.05, 0) is 12.1 Å². The Morgan fingerprint density at radius 1 is 1.40 bits per heavy atom. The third-order valence-electron chi connectivity index (χ3n) is 1.79. The van der Waals surface area contributed by atoms with Crippen molar-refractivity contribution in [3.63, 3.8) is 0 Å². The molecule has 0 atom stereocenters. The Kier molecular flexibility index (Phi) is 2.78. The van der Waals surface area contributed by atoms with Crippen molar-refractivity contribution in [3.8, 4) is 5.75 Å². The molecule has 0 aliphatic carbocycles. The molecule has 0 saturated heterocycles.